The van der Waals surface area contributed by atoms with Gasteiger partial charge in [-0.2, -0.15) is 5.10 Å². The van der Waals surface area contributed by atoms with Crippen LogP contribution in [0.5, 0.6) is 0 Å². The lowest BCUT2D eigenvalue weighted by molar-refractivity contribution is 0.0472. The van der Waals surface area contributed by atoms with Gasteiger partial charge in [0.2, 0.25) is 0 Å². The number of benzene rings is 1. The molecule has 0 spiro atoms. The first-order chi connectivity index (χ1) is 8.54. The second kappa shape index (κ2) is 4.91. The summed E-state index contributed by atoms with van der Waals surface area (Å²) in [4.78, 5) is 11.8. The molecule has 0 bridgehead atoms. The number of esters is 1. The normalized spacial score (nSPS) is 10.3. The minimum atomic E-state index is -0.380. The van der Waals surface area contributed by atoms with Gasteiger partial charge in [0.1, 0.15) is 6.61 Å². The Balaban J connectivity index is 2.03. The van der Waals surface area contributed by atoms with Crippen LogP contribution in [0.3, 0.4) is 0 Å². The molecule has 0 radical (unpaired) electrons. The highest BCUT2D eigenvalue weighted by Crippen LogP contribution is 2.13. The van der Waals surface area contributed by atoms with E-state index in [2.05, 4.69) is 5.10 Å². The molecule has 5 nitrogen and oxygen atoms in total. The molecule has 2 aromatic rings. The van der Waals surface area contributed by atoms with Gasteiger partial charge in [0, 0.05) is 24.5 Å². The molecule has 0 amide bonds. The average molecular weight is 245 g/mol. The van der Waals surface area contributed by atoms with Crippen LogP contribution in [-0.2, 0) is 18.4 Å². The molecule has 0 fully saturated rings. The first kappa shape index (κ1) is 12.2. The van der Waals surface area contributed by atoms with E-state index in [1.165, 1.54) is 0 Å². The number of rotatable bonds is 3. The number of nitrogen functional groups attached to an aromatic ring is 1. The molecule has 1 aromatic carbocycles. The molecule has 0 saturated heterocycles. The van der Waals surface area contributed by atoms with Gasteiger partial charge in [-0.05, 0) is 30.7 Å². The van der Waals surface area contributed by atoms with Gasteiger partial charge in [0.05, 0.1) is 11.8 Å². The minimum Gasteiger partial charge on any atom is -0.457 e. The van der Waals surface area contributed by atoms with Crippen molar-refractivity contribution in [1.82, 2.24) is 9.78 Å². The van der Waals surface area contributed by atoms with Gasteiger partial charge in [0.25, 0.3) is 0 Å². The average Bonchev–Trinajstić information content (AvgIpc) is 2.70. The Morgan fingerprint density at radius 1 is 1.44 bits per heavy atom. The lowest BCUT2D eigenvalue weighted by atomic mass is 10.1. The first-order valence-corrected chi connectivity index (χ1v) is 5.56. The quantitative estimate of drug-likeness (QED) is 0.659. The lowest BCUT2D eigenvalue weighted by Gasteiger charge is -2.05. The number of aromatic nitrogens is 2. The van der Waals surface area contributed by atoms with Crippen LogP contribution in [0.25, 0.3) is 0 Å². The standard InChI is InChI=1S/C13H15N3O2/c1-9-3-11(5-12(14)4-9)13(17)18-8-10-6-15-16(2)7-10/h3-7H,8,14H2,1-2H3. The minimum absolute atomic E-state index is 0.209. The van der Waals surface area contributed by atoms with Gasteiger partial charge in [-0.3, -0.25) is 4.68 Å². The van der Waals surface area contributed by atoms with E-state index in [9.17, 15) is 4.79 Å². The van der Waals surface area contributed by atoms with Crippen molar-refractivity contribution in [3.05, 3.63) is 47.3 Å². The van der Waals surface area contributed by atoms with E-state index in [4.69, 9.17) is 10.5 Å². The third-order valence-electron chi connectivity index (χ3n) is 2.46. The molecule has 0 aliphatic rings. The third kappa shape index (κ3) is 2.88. The van der Waals surface area contributed by atoms with Gasteiger partial charge in [-0.25, -0.2) is 4.79 Å². The van der Waals surface area contributed by atoms with Crippen LogP contribution < -0.4 is 5.73 Å². The second-order valence-corrected chi connectivity index (χ2v) is 4.23. The third-order valence-corrected chi connectivity index (χ3v) is 2.46. The van der Waals surface area contributed by atoms with Gasteiger partial charge in [0.15, 0.2) is 0 Å². The topological polar surface area (TPSA) is 70.1 Å². The van der Waals surface area contributed by atoms with Crippen LogP contribution >= 0.6 is 0 Å². The van der Waals surface area contributed by atoms with E-state index in [0.717, 1.165) is 11.1 Å². The fourth-order valence-electron chi connectivity index (χ4n) is 1.71. The van der Waals surface area contributed by atoms with Crippen molar-refractivity contribution < 1.29 is 9.53 Å². The van der Waals surface area contributed by atoms with Crippen LogP contribution in [-0.4, -0.2) is 15.7 Å². The van der Waals surface area contributed by atoms with E-state index < -0.39 is 0 Å². The van der Waals surface area contributed by atoms with E-state index in [1.54, 1.807) is 35.3 Å². The number of anilines is 1. The van der Waals surface area contributed by atoms with Gasteiger partial charge >= 0.3 is 5.97 Å². The fourth-order valence-corrected chi connectivity index (χ4v) is 1.71. The zero-order valence-electron chi connectivity index (χ0n) is 10.4. The summed E-state index contributed by atoms with van der Waals surface area (Å²) in [7, 11) is 1.81. The van der Waals surface area contributed by atoms with Crippen LogP contribution in [0.1, 0.15) is 21.5 Å². The number of nitrogens with zero attached hydrogens (tertiary/aromatic N) is 2. The largest absolute Gasteiger partial charge is 0.457 e. The molecule has 5 heteroatoms. The Morgan fingerprint density at radius 2 is 2.22 bits per heavy atom. The summed E-state index contributed by atoms with van der Waals surface area (Å²) in [6.07, 6.45) is 3.47. The number of carbonyl (C=O) groups is 1. The molecule has 0 atom stereocenters. The first-order valence-electron chi connectivity index (χ1n) is 5.56. The van der Waals surface area contributed by atoms with Gasteiger partial charge in [-0.15, -0.1) is 0 Å². The van der Waals surface area contributed by atoms with E-state index in [0.29, 0.717) is 11.3 Å². The Morgan fingerprint density at radius 3 is 2.83 bits per heavy atom. The highest BCUT2D eigenvalue weighted by Gasteiger charge is 2.09. The summed E-state index contributed by atoms with van der Waals surface area (Å²) >= 11 is 0. The van der Waals surface area contributed by atoms with Crippen LogP contribution in [0.15, 0.2) is 30.6 Å². The van der Waals surface area contributed by atoms with Crippen molar-refractivity contribution in [2.24, 2.45) is 7.05 Å². The zero-order valence-corrected chi connectivity index (χ0v) is 10.4. The highest BCUT2D eigenvalue weighted by atomic mass is 16.5. The van der Waals surface area contributed by atoms with Crippen LogP contribution in [0.2, 0.25) is 0 Å². The van der Waals surface area contributed by atoms with Crippen molar-refractivity contribution in [2.75, 3.05) is 5.73 Å². The summed E-state index contributed by atoms with van der Waals surface area (Å²) in [5.74, 6) is -0.380. The molecule has 2 rings (SSSR count). The summed E-state index contributed by atoms with van der Waals surface area (Å²) in [5, 5.41) is 4.00. The summed E-state index contributed by atoms with van der Waals surface area (Å²) in [6, 6.07) is 5.17. The Hall–Kier alpha value is -2.30. The van der Waals surface area contributed by atoms with Gasteiger partial charge < -0.3 is 10.5 Å². The number of aryl methyl sites for hydroxylation is 2. The summed E-state index contributed by atoms with van der Waals surface area (Å²) < 4.78 is 6.85. The SMILES string of the molecule is Cc1cc(N)cc(C(=O)OCc2cnn(C)c2)c1. The molecule has 18 heavy (non-hydrogen) atoms. The molecule has 0 aliphatic carbocycles. The fraction of sp³-hybridized carbons (Fsp3) is 0.231. The lowest BCUT2D eigenvalue weighted by Crippen LogP contribution is -2.06. The zero-order chi connectivity index (χ0) is 13.1. The maximum Gasteiger partial charge on any atom is 0.338 e. The maximum atomic E-state index is 11.8. The number of ether oxygens (including phenoxy) is 1. The van der Waals surface area contributed by atoms with Crippen molar-refractivity contribution >= 4 is 11.7 Å². The smallest absolute Gasteiger partial charge is 0.338 e. The Kier molecular flexibility index (Phi) is 3.32. The molecule has 94 valence electrons. The molecule has 1 aromatic heterocycles. The predicted molar refractivity (Wildman–Crippen MR) is 67.9 cm³/mol. The molecular weight excluding hydrogens is 230 g/mol. The molecule has 0 unspecified atom stereocenters. The van der Waals surface area contributed by atoms with E-state index in [1.807, 2.05) is 14.0 Å². The van der Waals surface area contributed by atoms with Crippen LogP contribution in [0.4, 0.5) is 5.69 Å². The van der Waals surface area contributed by atoms with Crippen molar-refractivity contribution in [2.45, 2.75) is 13.5 Å². The van der Waals surface area contributed by atoms with E-state index >= 15 is 0 Å². The van der Waals surface area contributed by atoms with E-state index in [-0.39, 0.29) is 12.6 Å². The van der Waals surface area contributed by atoms with Crippen molar-refractivity contribution in [1.29, 1.82) is 0 Å². The summed E-state index contributed by atoms with van der Waals surface area (Å²) in [5.41, 5.74) is 8.50. The predicted octanol–water partition coefficient (Wildman–Crippen LogP) is 1.67. The number of carbonyl (C=O) groups excluding carboxylic acids is 1. The Labute approximate surface area is 105 Å². The molecule has 1 heterocycles. The highest BCUT2D eigenvalue weighted by molar-refractivity contribution is 5.90. The second-order valence-electron chi connectivity index (χ2n) is 4.23. The molecule has 0 aliphatic heterocycles. The van der Waals surface area contributed by atoms with Crippen LogP contribution in [0, 0.1) is 6.92 Å². The van der Waals surface area contributed by atoms with Gasteiger partial charge in [-0.1, -0.05) is 0 Å². The number of hydrogen-bond acceptors (Lipinski definition) is 4. The number of hydrogen-bond donors (Lipinski definition) is 1. The monoisotopic (exact) mass is 245 g/mol. The molecular formula is C13H15N3O2. The molecule has 0 saturated carbocycles. The molecule has 2 N–H and O–H groups in total. The van der Waals surface area contributed by atoms with Crippen molar-refractivity contribution in [3.8, 4) is 0 Å². The Bertz CT molecular complexity index is 555. The maximum absolute atomic E-state index is 11.8. The number of nitrogens with two attached hydrogens (primary N) is 1. The summed E-state index contributed by atoms with van der Waals surface area (Å²) in [6.45, 7) is 2.09. The van der Waals surface area contributed by atoms with Crippen molar-refractivity contribution in [3.63, 3.8) is 0 Å².